The molecule has 0 unspecified atom stereocenters. The molecule has 3 heterocycles. The van der Waals surface area contributed by atoms with Crippen molar-refractivity contribution in [1.82, 2.24) is 9.47 Å². The van der Waals surface area contributed by atoms with E-state index < -0.39 is 0 Å². The number of piperidine rings is 1. The molecule has 3 atom stereocenters. The number of aliphatic hydroxyl groups is 1. The summed E-state index contributed by atoms with van der Waals surface area (Å²) in [6, 6.07) is 5.61. The molecule has 1 fully saturated rings. The highest BCUT2D eigenvalue weighted by Crippen LogP contribution is 2.34. The Labute approximate surface area is 135 Å². The maximum atomic E-state index is 12.0. The molecule has 1 saturated heterocycles. The summed E-state index contributed by atoms with van der Waals surface area (Å²) >= 11 is 1.72. The standard InChI is InChI=1S/C17H24N2O2S/c1-2-6-22-12-15(20)11-18-8-13-7-14(10-18)16-4-3-5-17(21)19(16)9-13/h2-5,13-15,20H,1,6-12H2/t13-,14-,15-/m1/s1. The molecule has 0 saturated carbocycles. The Kier molecular flexibility index (Phi) is 5.06. The van der Waals surface area contributed by atoms with E-state index in [0.717, 1.165) is 37.7 Å². The lowest BCUT2D eigenvalue weighted by Gasteiger charge is -2.43. The van der Waals surface area contributed by atoms with Crippen molar-refractivity contribution in [1.29, 1.82) is 0 Å². The zero-order valence-electron chi connectivity index (χ0n) is 12.9. The first-order valence-electron chi connectivity index (χ1n) is 7.96. The van der Waals surface area contributed by atoms with Crippen LogP contribution in [0.2, 0.25) is 0 Å². The second-order valence-corrected chi connectivity index (χ2v) is 7.47. The van der Waals surface area contributed by atoms with Crippen LogP contribution < -0.4 is 5.56 Å². The fraction of sp³-hybridized carbons (Fsp3) is 0.588. The number of hydrogen-bond acceptors (Lipinski definition) is 4. The van der Waals surface area contributed by atoms with Crippen LogP contribution in [0.1, 0.15) is 18.0 Å². The molecule has 22 heavy (non-hydrogen) atoms. The topological polar surface area (TPSA) is 45.5 Å². The van der Waals surface area contributed by atoms with Crippen LogP contribution >= 0.6 is 11.8 Å². The first-order chi connectivity index (χ1) is 10.7. The van der Waals surface area contributed by atoms with Crippen LogP contribution in [-0.2, 0) is 6.54 Å². The molecule has 1 aromatic heterocycles. The summed E-state index contributed by atoms with van der Waals surface area (Å²) in [6.07, 6.45) is 2.75. The number of fused-ring (bicyclic) bond motifs is 4. The molecular weight excluding hydrogens is 296 g/mol. The van der Waals surface area contributed by atoms with E-state index in [1.165, 1.54) is 12.1 Å². The maximum Gasteiger partial charge on any atom is 0.250 e. The second kappa shape index (κ2) is 7.02. The molecular formula is C17H24N2O2S. The van der Waals surface area contributed by atoms with Crippen molar-refractivity contribution in [2.24, 2.45) is 5.92 Å². The van der Waals surface area contributed by atoms with Gasteiger partial charge in [0, 0.05) is 55.4 Å². The van der Waals surface area contributed by atoms with Gasteiger partial charge in [0.2, 0.25) is 0 Å². The van der Waals surface area contributed by atoms with Crippen molar-refractivity contribution < 1.29 is 5.11 Å². The molecule has 0 aromatic carbocycles. The fourth-order valence-corrected chi connectivity index (χ4v) is 4.46. The lowest BCUT2D eigenvalue weighted by Crippen LogP contribution is -2.49. The van der Waals surface area contributed by atoms with Crippen molar-refractivity contribution in [2.45, 2.75) is 25.0 Å². The lowest BCUT2D eigenvalue weighted by molar-refractivity contribution is 0.0717. The van der Waals surface area contributed by atoms with E-state index >= 15 is 0 Å². The number of nitrogens with zero attached hydrogens (tertiary/aromatic N) is 2. The summed E-state index contributed by atoms with van der Waals surface area (Å²) in [4.78, 5) is 14.4. The van der Waals surface area contributed by atoms with E-state index in [2.05, 4.69) is 17.5 Å². The maximum absolute atomic E-state index is 12.0. The Balaban J connectivity index is 1.63. The van der Waals surface area contributed by atoms with Crippen molar-refractivity contribution in [3.8, 4) is 0 Å². The van der Waals surface area contributed by atoms with Gasteiger partial charge < -0.3 is 9.67 Å². The third-order valence-corrected chi connectivity index (χ3v) is 5.66. The molecule has 0 radical (unpaired) electrons. The number of thioether (sulfide) groups is 1. The number of hydrogen-bond donors (Lipinski definition) is 1. The van der Waals surface area contributed by atoms with Gasteiger partial charge in [-0.3, -0.25) is 9.69 Å². The molecule has 3 rings (SSSR count). The average Bonchev–Trinajstić information content (AvgIpc) is 2.48. The number of likely N-dealkylation sites (tertiary alicyclic amines) is 1. The zero-order chi connectivity index (χ0) is 15.5. The Hall–Kier alpha value is -1.04. The van der Waals surface area contributed by atoms with Crippen LogP contribution in [0.3, 0.4) is 0 Å². The quantitative estimate of drug-likeness (QED) is 0.638. The summed E-state index contributed by atoms with van der Waals surface area (Å²) in [5.41, 5.74) is 1.30. The minimum atomic E-state index is -0.290. The molecule has 0 aliphatic carbocycles. The highest BCUT2D eigenvalue weighted by Gasteiger charge is 2.34. The van der Waals surface area contributed by atoms with E-state index in [4.69, 9.17) is 0 Å². The highest BCUT2D eigenvalue weighted by atomic mass is 32.2. The molecule has 4 nitrogen and oxygen atoms in total. The van der Waals surface area contributed by atoms with Crippen molar-refractivity contribution in [2.75, 3.05) is 31.1 Å². The minimum absolute atomic E-state index is 0.126. The Bertz CT molecular complexity index is 586. The van der Waals surface area contributed by atoms with E-state index in [9.17, 15) is 9.90 Å². The van der Waals surface area contributed by atoms with Crippen LogP contribution in [0.5, 0.6) is 0 Å². The third kappa shape index (κ3) is 3.47. The van der Waals surface area contributed by atoms with Gasteiger partial charge in [0.15, 0.2) is 0 Å². The summed E-state index contributed by atoms with van der Waals surface area (Å²) in [6.45, 7) is 7.19. The van der Waals surface area contributed by atoms with E-state index in [-0.39, 0.29) is 11.7 Å². The summed E-state index contributed by atoms with van der Waals surface area (Å²) in [7, 11) is 0. The van der Waals surface area contributed by atoms with E-state index in [1.807, 2.05) is 16.7 Å². The fourth-order valence-electron chi connectivity index (χ4n) is 3.78. The predicted molar refractivity (Wildman–Crippen MR) is 91.5 cm³/mol. The van der Waals surface area contributed by atoms with Crippen LogP contribution in [-0.4, -0.2) is 51.8 Å². The Morgan fingerprint density at radius 1 is 1.41 bits per heavy atom. The minimum Gasteiger partial charge on any atom is -0.391 e. The summed E-state index contributed by atoms with van der Waals surface area (Å²) in [5, 5.41) is 10.2. The first-order valence-corrected chi connectivity index (χ1v) is 9.11. The average molecular weight is 320 g/mol. The molecule has 1 N–H and O–H groups in total. The van der Waals surface area contributed by atoms with Gasteiger partial charge in [0.25, 0.3) is 5.56 Å². The number of aromatic nitrogens is 1. The number of pyridine rings is 1. The molecule has 2 aliphatic heterocycles. The van der Waals surface area contributed by atoms with Gasteiger partial charge in [0.05, 0.1) is 6.10 Å². The number of aliphatic hydroxyl groups excluding tert-OH is 1. The van der Waals surface area contributed by atoms with Crippen LogP contribution in [0.4, 0.5) is 0 Å². The second-order valence-electron chi connectivity index (χ2n) is 6.40. The molecule has 0 amide bonds. The van der Waals surface area contributed by atoms with Gasteiger partial charge >= 0.3 is 0 Å². The SMILES string of the molecule is C=CCSC[C@H](O)CN1C[C@H]2C[C@H](C1)c1cccc(=O)n1C2. The molecule has 2 aliphatic rings. The summed E-state index contributed by atoms with van der Waals surface area (Å²) in [5.74, 6) is 2.60. The molecule has 1 aromatic rings. The van der Waals surface area contributed by atoms with Crippen molar-refractivity contribution in [3.63, 3.8) is 0 Å². The van der Waals surface area contributed by atoms with Gasteiger partial charge in [-0.05, 0) is 18.4 Å². The molecule has 120 valence electrons. The first kappa shape index (κ1) is 15.8. The highest BCUT2D eigenvalue weighted by molar-refractivity contribution is 7.99. The summed E-state index contributed by atoms with van der Waals surface area (Å²) < 4.78 is 1.95. The number of β-amino-alcohol motifs (C(OH)–C–C–N with tert-alkyl or cyclic N) is 1. The van der Waals surface area contributed by atoms with Gasteiger partial charge in [-0.2, -0.15) is 11.8 Å². The normalized spacial score (nSPS) is 25.5. The van der Waals surface area contributed by atoms with Crippen LogP contribution in [0.25, 0.3) is 0 Å². The third-order valence-electron chi connectivity index (χ3n) is 4.57. The van der Waals surface area contributed by atoms with E-state index in [1.54, 1.807) is 17.8 Å². The van der Waals surface area contributed by atoms with Crippen molar-refractivity contribution >= 4 is 11.8 Å². The molecule has 2 bridgehead atoms. The van der Waals surface area contributed by atoms with Gasteiger partial charge in [-0.15, -0.1) is 6.58 Å². The predicted octanol–water partition coefficient (Wildman–Crippen LogP) is 1.55. The van der Waals surface area contributed by atoms with Gasteiger partial charge in [-0.1, -0.05) is 12.1 Å². The van der Waals surface area contributed by atoms with Crippen LogP contribution in [0, 0.1) is 5.92 Å². The molecule has 0 spiro atoms. The van der Waals surface area contributed by atoms with Gasteiger partial charge in [-0.25, -0.2) is 0 Å². The lowest BCUT2D eigenvalue weighted by atomic mass is 9.83. The van der Waals surface area contributed by atoms with E-state index in [0.29, 0.717) is 11.8 Å². The van der Waals surface area contributed by atoms with Gasteiger partial charge in [0.1, 0.15) is 0 Å². The Morgan fingerprint density at radius 3 is 3.09 bits per heavy atom. The van der Waals surface area contributed by atoms with Crippen molar-refractivity contribution in [3.05, 3.63) is 46.9 Å². The smallest absolute Gasteiger partial charge is 0.250 e. The monoisotopic (exact) mass is 320 g/mol. The number of rotatable bonds is 6. The van der Waals surface area contributed by atoms with Crippen LogP contribution in [0.15, 0.2) is 35.6 Å². The largest absolute Gasteiger partial charge is 0.391 e. The Morgan fingerprint density at radius 2 is 2.27 bits per heavy atom. The zero-order valence-corrected chi connectivity index (χ0v) is 13.7. The molecule has 5 heteroatoms.